The van der Waals surface area contributed by atoms with Crippen LogP contribution in [0.25, 0.3) is 0 Å². The van der Waals surface area contributed by atoms with E-state index in [-0.39, 0.29) is 10.0 Å². The van der Waals surface area contributed by atoms with Crippen LogP contribution in [0.15, 0.2) is 47.5 Å². The smallest absolute Gasteiger partial charge is 0.264 e. The van der Waals surface area contributed by atoms with E-state index in [1.54, 1.807) is 12.1 Å². The second-order valence-corrected chi connectivity index (χ2v) is 6.48. The Morgan fingerprint density at radius 1 is 1.21 bits per heavy atom. The van der Waals surface area contributed by atoms with Crippen LogP contribution in [-0.4, -0.2) is 20.4 Å². The van der Waals surface area contributed by atoms with E-state index in [0.29, 0.717) is 5.69 Å². The van der Waals surface area contributed by atoms with Crippen molar-refractivity contribution in [2.75, 3.05) is 11.4 Å². The molecule has 0 unspecified atom stereocenters. The van der Waals surface area contributed by atoms with E-state index >= 15 is 0 Å². The normalized spacial score (nSPS) is 11.3. The number of rotatable bonds is 3. The molecule has 6 heteroatoms. The molecule has 0 atom stereocenters. The summed E-state index contributed by atoms with van der Waals surface area (Å²) in [6, 6.07) is 10.0. The Hall–Kier alpha value is -1.59. The molecule has 0 radical (unpaired) electrons. The minimum Gasteiger partial charge on any atom is -0.269 e. The molecular formula is C13H13ClN2O2S. The summed E-state index contributed by atoms with van der Waals surface area (Å²) in [4.78, 5) is 3.90. The highest BCUT2D eigenvalue weighted by Crippen LogP contribution is 2.23. The Labute approximate surface area is 117 Å². The van der Waals surface area contributed by atoms with Crippen LogP contribution in [0.1, 0.15) is 5.56 Å². The Morgan fingerprint density at radius 2 is 1.95 bits per heavy atom. The lowest BCUT2D eigenvalue weighted by atomic mass is 10.2. The summed E-state index contributed by atoms with van der Waals surface area (Å²) in [5.41, 5.74) is 1.60. The molecule has 1 aromatic carbocycles. The number of aryl methyl sites for hydroxylation is 1. The number of hydrogen-bond donors (Lipinski definition) is 0. The Balaban J connectivity index is 2.45. The second kappa shape index (κ2) is 5.19. The van der Waals surface area contributed by atoms with Crippen molar-refractivity contribution in [3.8, 4) is 0 Å². The fourth-order valence-corrected chi connectivity index (χ4v) is 3.11. The third-order valence-electron chi connectivity index (χ3n) is 2.72. The fraction of sp³-hybridized carbons (Fsp3) is 0.154. The van der Waals surface area contributed by atoms with Crippen molar-refractivity contribution >= 4 is 27.3 Å². The van der Waals surface area contributed by atoms with Crippen molar-refractivity contribution in [1.29, 1.82) is 0 Å². The zero-order valence-electron chi connectivity index (χ0n) is 10.5. The van der Waals surface area contributed by atoms with Gasteiger partial charge in [0, 0.05) is 13.2 Å². The molecule has 0 saturated heterocycles. The van der Waals surface area contributed by atoms with Crippen molar-refractivity contribution in [1.82, 2.24) is 4.98 Å². The van der Waals surface area contributed by atoms with Gasteiger partial charge in [-0.3, -0.25) is 4.31 Å². The lowest BCUT2D eigenvalue weighted by Crippen LogP contribution is -2.26. The number of halogens is 1. The summed E-state index contributed by atoms with van der Waals surface area (Å²) in [7, 11) is -2.11. The van der Waals surface area contributed by atoms with E-state index in [2.05, 4.69) is 4.98 Å². The third kappa shape index (κ3) is 2.88. The van der Waals surface area contributed by atoms with Gasteiger partial charge in [0.25, 0.3) is 10.0 Å². The Morgan fingerprint density at radius 3 is 2.58 bits per heavy atom. The summed E-state index contributed by atoms with van der Waals surface area (Å²) < 4.78 is 26.1. The van der Waals surface area contributed by atoms with Gasteiger partial charge >= 0.3 is 0 Å². The molecule has 2 rings (SSSR count). The van der Waals surface area contributed by atoms with Gasteiger partial charge in [-0.2, -0.15) is 0 Å². The van der Waals surface area contributed by atoms with Crippen LogP contribution in [0.2, 0.25) is 5.15 Å². The van der Waals surface area contributed by atoms with Gasteiger partial charge < -0.3 is 0 Å². The molecule has 0 aliphatic heterocycles. The van der Waals surface area contributed by atoms with Crippen molar-refractivity contribution in [3.05, 3.63) is 53.3 Å². The van der Waals surface area contributed by atoms with Gasteiger partial charge in [0.1, 0.15) is 5.15 Å². The van der Waals surface area contributed by atoms with Crippen molar-refractivity contribution in [2.45, 2.75) is 11.8 Å². The van der Waals surface area contributed by atoms with Crippen molar-refractivity contribution < 1.29 is 8.42 Å². The van der Waals surface area contributed by atoms with Gasteiger partial charge in [-0.05, 0) is 36.8 Å². The van der Waals surface area contributed by atoms with Gasteiger partial charge in [0.15, 0.2) is 0 Å². The number of nitrogens with zero attached hydrogens (tertiary/aromatic N) is 2. The molecular weight excluding hydrogens is 284 g/mol. The second-order valence-electron chi connectivity index (χ2n) is 4.13. The average Bonchev–Trinajstić information content (AvgIpc) is 2.38. The fourth-order valence-electron chi connectivity index (χ4n) is 1.67. The summed E-state index contributed by atoms with van der Waals surface area (Å²) >= 11 is 5.73. The maximum Gasteiger partial charge on any atom is 0.264 e. The van der Waals surface area contributed by atoms with Gasteiger partial charge in [0.05, 0.1) is 10.6 Å². The molecule has 2 aromatic rings. The standard InChI is InChI=1S/C13H13ClN2O2S/c1-10-4-3-5-11(8-10)16(2)19(17,18)12-6-7-15-13(14)9-12/h3-9H,1-2H3. The lowest BCUT2D eigenvalue weighted by Gasteiger charge is -2.19. The highest BCUT2D eigenvalue weighted by molar-refractivity contribution is 7.92. The first kappa shape index (κ1) is 13.8. The quantitative estimate of drug-likeness (QED) is 0.818. The van der Waals surface area contributed by atoms with E-state index in [1.165, 1.54) is 29.7 Å². The Kier molecular flexibility index (Phi) is 3.78. The molecule has 0 fully saturated rings. The zero-order chi connectivity index (χ0) is 14.0. The van der Waals surface area contributed by atoms with Crippen LogP contribution in [0, 0.1) is 6.92 Å². The van der Waals surface area contributed by atoms with Crippen LogP contribution < -0.4 is 4.31 Å². The molecule has 0 aliphatic carbocycles. The molecule has 0 aliphatic rings. The van der Waals surface area contributed by atoms with Crippen LogP contribution in [0.4, 0.5) is 5.69 Å². The van der Waals surface area contributed by atoms with E-state index in [1.807, 2.05) is 19.1 Å². The monoisotopic (exact) mass is 296 g/mol. The molecule has 0 spiro atoms. The maximum absolute atomic E-state index is 12.4. The summed E-state index contributed by atoms with van der Waals surface area (Å²) in [5, 5.41) is 0.152. The number of aromatic nitrogens is 1. The number of pyridine rings is 1. The average molecular weight is 297 g/mol. The number of anilines is 1. The molecule has 0 amide bonds. The van der Waals surface area contributed by atoms with Gasteiger partial charge in [-0.25, -0.2) is 13.4 Å². The SMILES string of the molecule is Cc1cccc(N(C)S(=O)(=O)c2ccnc(Cl)c2)c1. The molecule has 100 valence electrons. The van der Waals surface area contributed by atoms with E-state index in [0.717, 1.165) is 5.56 Å². The zero-order valence-corrected chi connectivity index (χ0v) is 12.1. The van der Waals surface area contributed by atoms with E-state index < -0.39 is 10.0 Å². The van der Waals surface area contributed by atoms with Gasteiger partial charge in [-0.15, -0.1) is 0 Å². The number of sulfonamides is 1. The topological polar surface area (TPSA) is 50.3 Å². The van der Waals surface area contributed by atoms with Crippen LogP contribution in [0.5, 0.6) is 0 Å². The lowest BCUT2D eigenvalue weighted by molar-refractivity contribution is 0.594. The summed E-state index contributed by atoms with van der Waals surface area (Å²) in [6.07, 6.45) is 1.37. The van der Waals surface area contributed by atoms with Gasteiger partial charge in [-0.1, -0.05) is 23.7 Å². The maximum atomic E-state index is 12.4. The number of hydrogen-bond acceptors (Lipinski definition) is 3. The highest BCUT2D eigenvalue weighted by Gasteiger charge is 2.21. The van der Waals surface area contributed by atoms with Crippen molar-refractivity contribution in [2.24, 2.45) is 0 Å². The van der Waals surface area contributed by atoms with Crippen LogP contribution >= 0.6 is 11.6 Å². The minimum absolute atomic E-state index is 0.122. The van der Waals surface area contributed by atoms with Crippen LogP contribution in [-0.2, 0) is 10.0 Å². The molecule has 19 heavy (non-hydrogen) atoms. The largest absolute Gasteiger partial charge is 0.269 e. The molecule has 4 nitrogen and oxygen atoms in total. The van der Waals surface area contributed by atoms with Crippen molar-refractivity contribution in [3.63, 3.8) is 0 Å². The van der Waals surface area contributed by atoms with E-state index in [9.17, 15) is 8.42 Å². The van der Waals surface area contributed by atoms with Gasteiger partial charge in [0.2, 0.25) is 0 Å². The first-order chi connectivity index (χ1) is 8.91. The highest BCUT2D eigenvalue weighted by atomic mass is 35.5. The van der Waals surface area contributed by atoms with E-state index in [4.69, 9.17) is 11.6 Å². The molecule has 0 N–H and O–H groups in total. The molecule has 1 aromatic heterocycles. The summed E-state index contributed by atoms with van der Waals surface area (Å²) in [6.45, 7) is 1.91. The first-order valence-electron chi connectivity index (χ1n) is 5.58. The third-order valence-corrected chi connectivity index (χ3v) is 4.71. The first-order valence-corrected chi connectivity index (χ1v) is 7.40. The predicted octanol–water partition coefficient (Wildman–Crippen LogP) is 2.87. The minimum atomic E-state index is -3.62. The number of benzene rings is 1. The summed E-state index contributed by atoms with van der Waals surface area (Å²) in [5.74, 6) is 0. The van der Waals surface area contributed by atoms with Crippen LogP contribution in [0.3, 0.4) is 0 Å². The molecule has 0 saturated carbocycles. The predicted molar refractivity (Wildman–Crippen MR) is 76.0 cm³/mol. The Bertz CT molecular complexity index is 701. The molecule has 0 bridgehead atoms. The molecule has 1 heterocycles.